The first-order valence-electron chi connectivity index (χ1n) is 23.8. The molecular weight excluding hydrogens is 915 g/mol. The highest BCUT2D eigenvalue weighted by atomic mass is 16.4. The number of nitrogens with one attached hydrogen (secondary N) is 8. The Morgan fingerprint density at radius 1 is 0.514 bits per heavy atom. The standard InChI is InChI=1S/C45H83N13O12/c1-12-25(10)35(42(67)58-36(26(11)59)43(68)55-31(44(69)70)18-23(6)7)57-37(62)27(14-13-15-50-45(48)49)52-39(64)30(19-32(47)60)54-41(66)34(24(8)9)56-40(65)29(17-22(4)5)53-38(63)28(16-21(2)3)51-33(61)20-46/h21-31,34-36,59H,12-20,46H2,1-11H3,(H2,47,60)(H,51,61)(H,52,64)(H,53,63)(H,54,66)(H,55,68)(H,56,65)(H,57,62)(H,58,67)(H,69,70)(H4,48,49,50)/t25-,26+,27-,28-,29-,30-,31-,34-,35-,36-/m0/s1. The largest absolute Gasteiger partial charge is 0.480 e. The van der Waals surface area contributed by atoms with Crippen LogP contribution in [0.15, 0.2) is 4.99 Å². The molecule has 0 fully saturated rings. The number of primary amides is 1. The molecule has 0 rings (SSSR count). The SMILES string of the molecule is CC[C@H](C)[C@H](NC(=O)[C@H](CCCN=C(N)N)NC(=O)[C@H](CC(N)=O)NC(=O)[C@@H](NC(=O)[C@H](CC(C)C)NC(=O)[C@H](CC(C)C)NC(=O)CN)C(C)C)C(=O)N[C@H](C(=O)N[C@@H](CC(C)C)C(=O)O)[C@@H](C)O. The molecule has 0 aromatic carbocycles. The van der Waals surface area contributed by atoms with Crippen molar-refractivity contribution in [3.63, 3.8) is 0 Å². The Labute approximate surface area is 411 Å². The smallest absolute Gasteiger partial charge is 0.326 e. The van der Waals surface area contributed by atoms with Gasteiger partial charge in [0.2, 0.25) is 53.2 Å². The fraction of sp³-hybridized carbons (Fsp3) is 0.756. The number of nitrogens with two attached hydrogens (primary N) is 4. The maximum Gasteiger partial charge on any atom is 0.326 e. The first-order chi connectivity index (χ1) is 32.4. The van der Waals surface area contributed by atoms with Crippen LogP contribution in [-0.2, 0) is 47.9 Å². The molecule has 0 heterocycles. The van der Waals surface area contributed by atoms with Crippen LogP contribution in [-0.4, -0.2) is 143 Å². The molecule has 10 atom stereocenters. The number of carbonyl (C=O) groups excluding carboxylic acids is 9. The van der Waals surface area contributed by atoms with Gasteiger partial charge in [-0.05, 0) is 68.6 Å². The number of rotatable bonds is 33. The molecule has 0 aromatic heterocycles. The van der Waals surface area contributed by atoms with Gasteiger partial charge in [-0.25, -0.2) is 4.79 Å². The lowest BCUT2D eigenvalue weighted by Gasteiger charge is -2.30. The van der Waals surface area contributed by atoms with Crippen molar-refractivity contribution >= 4 is 65.1 Å². The van der Waals surface area contributed by atoms with E-state index in [1.165, 1.54) is 6.92 Å². The van der Waals surface area contributed by atoms with E-state index < -0.39 is 132 Å². The topological polar surface area (TPSA) is 424 Å². The summed E-state index contributed by atoms with van der Waals surface area (Å²) in [4.78, 5) is 137. The van der Waals surface area contributed by atoms with E-state index in [0.717, 1.165) is 0 Å². The molecule has 0 aliphatic rings. The first kappa shape index (κ1) is 63.9. The molecule has 0 aliphatic carbocycles. The van der Waals surface area contributed by atoms with Gasteiger partial charge in [0.1, 0.15) is 48.3 Å². The summed E-state index contributed by atoms with van der Waals surface area (Å²) in [6, 6.07) is -11.1. The number of hydrogen-bond acceptors (Lipinski definition) is 13. The molecule has 400 valence electrons. The Kier molecular flexibility index (Phi) is 29.1. The fourth-order valence-corrected chi connectivity index (χ4v) is 7.00. The molecule has 9 amide bonds. The van der Waals surface area contributed by atoms with Crippen molar-refractivity contribution < 1.29 is 58.2 Å². The molecule has 25 nitrogen and oxygen atoms in total. The van der Waals surface area contributed by atoms with E-state index in [2.05, 4.69) is 47.5 Å². The summed E-state index contributed by atoms with van der Waals surface area (Å²) in [6.45, 7) is 18.2. The van der Waals surface area contributed by atoms with E-state index >= 15 is 0 Å². The Morgan fingerprint density at radius 3 is 1.37 bits per heavy atom. The van der Waals surface area contributed by atoms with Crippen LogP contribution in [0.4, 0.5) is 0 Å². The van der Waals surface area contributed by atoms with Crippen LogP contribution >= 0.6 is 0 Å². The number of amides is 9. The molecule has 0 bridgehead atoms. The van der Waals surface area contributed by atoms with Crippen LogP contribution in [0.25, 0.3) is 0 Å². The predicted octanol–water partition coefficient (Wildman–Crippen LogP) is -2.94. The lowest BCUT2D eigenvalue weighted by molar-refractivity contribution is -0.143. The van der Waals surface area contributed by atoms with Crippen LogP contribution in [0, 0.1) is 29.6 Å². The lowest BCUT2D eigenvalue weighted by atomic mass is 9.96. The van der Waals surface area contributed by atoms with Crippen molar-refractivity contribution in [1.82, 2.24) is 42.5 Å². The minimum atomic E-state index is -1.71. The van der Waals surface area contributed by atoms with Crippen molar-refractivity contribution in [2.24, 2.45) is 57.5 Å². The number of carboxylic acids is 1. The summed E-state index contributed by atoms with van der Waals surface area (Å²) in [5, 5.41) is 40.3. The van der Waals surface area contributed by atoms with Crippen LogP contribution < -0.4 is 65.5 Å². The first-order valence-corrected chi connectivity index (χ1v) is 23.8. The van der Waals surface area contributed by atoms with Gasteiger partial charge >= 0.3 is 5.97 Å². The van der Waals surface area contributed by atoms with E-state index in [4.69, 9.17) is 22.9 Å². The third-order valence-electron chi connectivity index (χ3n) is 10.9. The van der Waals surface area contributed by atoms with Crippen LogP contribution in [0.5, 0.6) is 0 Å². The highest BCUT2D eigenvalue weighted by Crippen LogP contribution is 2.14. The number of nitrogens with zero attached hydrogens (tertiary/aromatic N) is 1. The lowest BCUT2D eigenvalue weighted by Crippen LogP contribution is -2.62. The summed E-state index contributed by atoms with van der Waals surface area (Å²) in [6.07, 6.45) is -1.63. The van der Waals surface area contributed by atoms with Crippen LogP contribution in [0.3, 0.4) is 0 Å². The van der Waals surface area contributed by atoms with Gasteiger partial charge in [-0.15, -0.1) is 0 Å². The zero-order valence-electron chi connectivity index (χ0n) is 42.7. The summed E-state index contributed by atoms with van der Waals surface area (Å²) >= 11 is 0. The van der Waals surface area contributed by atoms with Gasteiger partial charge in [0.15, 0.2) is 5.96 Å². The van der Waals surface area contributed by atoms with E-state index in [9.17, 15) is 58.2 Å². The number of aliphatic hydroxyl groups excluding tert-OH is 1. The van der Waals surface area contributed by atoms with Crippen molar-refractivity contribution in [3.8, 4) is 0 Å². The average molecular weight is 998 g/mol. The highest BCUT2D eigenvalue weighted by Gasteiger charge is 2.38. The van der Waals surface area contributed by atoms with E-state index in [1.54, 1.807) is 41.5 Å². The molecule has 0 unspecified atom stereocenters. The number of carbonyl (C=O) groups is 10. The zero-order chi connectivity index (χ0) is 54.2. The molecule has 0 aliphatic heterocycles. The molecule has 25 heteroatoms. The number of guanidine groups is 1. The van der Waals surface area contributed by atoms with Gasteiger partial charge in [-0.3, -0.25) is 48.1 Å². The van der Waals surface area contributed by atoms with Gasteiger partial charge in [0.05, 0.1) is 19.1 Å². The molecule has 70 heavy (non-hydrogen) atoms. The molecule has 0 saturated carbocycles. The Balaban J connectivity index is 6.75. The third-order valence-corrected chi connectivity index (χ3v) is 10.9. The fourth-order valence-electron chi connectivity index (χ4n) is 7.00. The van der Waals surface area contributed by atoms with Crippen molar-refractivity contribution in [2.45, 2.75) is 176 Å². The second kappa shape index (κ2) is 31.9. The van der Waals surface area contributed by atoms with Crippen molar-refractivity contribution in [3.05, 3.63) is 0 Å². The van der Waals surface area contributed by atoms with Crippen molar-refractivity contribution in [2.75, 3.05) is 13.1 Å². The maximum absolute atomic E-state index is 14.1. The summed E-state index contributed by atoms with van der Waals surface area (Å²) in [5.74, 6) is -10.9. The van der Waals surface area contributed by atoms with Crippen molar-refractivity contribution in [1.29, 1.82) is 0 Å². The summed E-state index contributed by atoms with van der Waals surface area (Å²) in [7, 11) is 0. The van der Waals surface area contributed by atoms with Gasteiger partial charge in [-0.2, -0.15) is 0 Å². The Hall–Kier alpha value is -6.11. The van der Waals surface area contributed by atoms with Crippen LogP contribution in [0.2, 0.25) is 0 Å². The molecule has 0 spiro atoms. The monoisotopic (exact) mass is 998 g/mol. The second-order valence-corrected chi connectivity index (χ2v) is 19.2. The van der Waals surface area contributed by atoms with Crippen LogP contribution in [0.1, 0.15) is 121 Å². The van der Waals surface area contributed by atoms with Gasteiger partial charge in [0, 0.05) is 6.54 Å². The predicted molar refractivity (Wildman–Crippen MR) is 260 cm³/mol. The van der Waals surface area contributed by atoms with Gasteiger partial charge in [0.25, 0.3) is 0 Å². The number of aliphatic carboxylic acids is 1. The normalized spacial score (nSPS) is 15.6. The van der Waals surface area contributed by atoms with E-state index in [0.29, 0.717) is 6.42 Å². The molecule has 0 aromatic rings. The number of hydrogen-bond donors (Lipinski definition) is 14. The number of aliphatic hydroxyl groups is 1. The van der Waals surface area contributed by atoms with Gasteiger partial charge in [-0.1, -0.05) is 75.7 Å². The maximum atomic E-state index is 14.1. The van der Waals surface area contributed by atoms with E-state index in [-0.39, 0.29) is 68.9 Å². The molecular formula is C45H83N13O12. The molecule has 18 N–H and O–H groups in total. The minimum absolute atomic E-state index is 0.00716. The quantitative estimate of drug-likeness (QED) is 0.0178. The second-order valence-electron chi connectivity index (χ2n) is 19.2. The minimum Gasteiger partial charge on any atom is -0.480 e. The molecule has 0 radical (unpaired) electrons. The average Bonchev–Trinajstić information content (AvgIpc) is 3.24. The highest BCUT2D eigenvalue weighted by molar-refractivity contribution is 5.99. The molecule has 0 saturated heterocycles. The summed E-state index contributed by atoms with van der Waals surface area (Å²) in [5.41, 5.74) is 21.9. The Morgan fingerprint density at radius 2 is 0.914 bits per heavy atom. The zero-order valence-corrected chi connectivity index (χ0v) is 42.7. The van der Waals surface area contributed by atoms with Gasteiger partial charge < -0.3 is 75.7 Å². The number of carboxylic acid groups (broad SMARTS) is 1. The third kappa shape index (κ3) is 24.4. The number of aliphatic imine (C=N–C) groups is 1. The van der Waals surface area contributed by atoms with E-state index in [1.807, 2.05) is 27.7 Å². The Bertz CT molecular complexity index is 1810. The summed E-state index contributed by atoms with van der Waals surface area (Å²) < 4.78 is 0.